The van der Waals surface area contributed by atoms with E-state index in [1.165, 1.54) is 12.1 Å². The van der Waals surface area contributed by atoms with Gasteiger partial charge in [0, 0.05) is 23.3 Å². The number of amides is 2. The van der Waals surface area contributed by atoms with E-state index in [9.17, 15) is 22.6 Å². The minimum atomic E-state index is -4.27. The number of rotatable bonds is 7. The molecule has 6 aromatic rings. The van der Waals surface area contributed by atoms with E-state index in [4.69, 9.17) is 0 Å². The summed E-state index contributed by atoms with van der Waals surface area (Å²) in [5.74, 6) is -0.758. The lowest BCUT2D eigenvalue weighted by Gasteiger charge is -2.05. The van der Waals surface area contributed by atoms with E-state index >= 15 is 0 Å². The first-order valence-electron chi connectivity index (χ1n) is 14.2. The van der Waals surface area contributed by atoms with Crippen LogP contribution in [0.2, 0.25) is 0 Å². The maximum absolute atomic E-state index is 12.4. The summed E-state index contributed by atoms with van der Waals surface area (Å²) in [4.78, 5) is 24.7. The monoisotopic (exact) mass is 651 g/mol. The molecule has 2 aromatic carbocycles. The van der Waals surface area contributed by atoms with Gasteiger partial charge in [-0.05, 0) is 55.5 Å². The fraction of sp³-hybridized carbons (Fsp3) is 0.0909. The predicted molar refractivity (Wildman–Crippen MR) is 173 cm³/mol. The standard InChI is InChI=1S/C26H22N8O2.C7H8O3S/c1-31-21(17-33-13-5-3-7-23(31)33)15-27-29-25(35)19-9-11-20(12-10-19)26(36)30-28-16-22-18-34-14-6-4-8-24(34)32(22)2;1-6-2-4-7(5-3-6)11(8,9)10/h3-18H,1-2H3;2-5H,1H3,(H,8,9,10)/p+1/b27-15+,28-16+;. The lowest BCUT2D eigenvalue weighted by Crippen LogP contribution is -2.20. The van der Waals surface area contributed by atoms with Crippen LogP contribution in [0.5, 0.6) is 0 Å². The SMILES string of the molecule is Cc1ccc(S(=O)(=O)[O-])cc1.Cn1c(/C=N/NC(=O)c2ccc(C(=O)N/N=C/c3c[n+]4ccccc4n3C)cc2)c[n+]2ccccc12. The Morgan fingerprint density at radius 2 is 1.13 bits per heavy atom. The van der Waals surface area contributed by atoms with E-state index in [0.29, 0.717) is 11.1 Å². The number of carbonyl (C=O) groups is 2. The highest BCUT2D eigenvalue weighted by Gasteiger charge is 2.13. The molecular formula is C33H31N8O5S+. The van der Waals surface area contributed by atoms with Crippen molar-refractivity contribution < 1.29 is 31.4 Å². The van der Waals surface area contributed by atoms with Gasteiger partial charge in [-0.25, -0.2) is 37.2 Å². The molecule has 2 N–H and O–H groups in total. The number of nitrogens with one attached hydrogen (secondary N) is 2. The van der Waals surface area contributed by atoms with Crippen LogP contribution in [0.15, 0.2) is 125 Å². The van der Waals surface area contributed by atoms with Crippen LogP contribution >= 0.6 is 0 Å². The van der Waals surface area contributed by atoms with Gasteiger partial charge < -0.3 is 4.55 Å². The van der Waals surface area contributed by atoms with Crippen LogP contribution in [0.25, 0.3) is 11.3 Å². The first-order valence-corrected chi connectivity index (χ1v) is 15.6. The Balaban J connectivity index is 0.000000335. The summed E-state index contributed by atoms with van der Waals surface area (Å²) in [5.41, 5.74) is 10.4. The smallest absolute Gasteiger partial charge is 0.286 e. The molecule has 0 fully saturated rings. The van der Waals surface area contributed by atoms with Crippen molar-refractivity contribution in [2.75, 3.05) is 0 Å². The number of benzene rings is 2. The van der Waals surface area contributed by atoms with Crippen LogP contribution in [0.4, 0.5) is 0 Å². The molecule has 14 heteroatoms. The third kappa shape index (κ3) is 7.81. The molecule has 0 bridgehead atoms. The van der Waals surface area contributed by atoms with Gasteiger partial charge in [0.25, 0.3) is 23.1 Å². The number of imidazole rings is 2. The zero-order valence-corrected chi connectivity index (χ0v) is 26.5. The third-order valence-corrected chi connectivity index (χ3v) is 8.03. The molecule has 0 saturated carbocycles. The van der Waals surface area contributed by atoms with Crippen LogP contribution in [-0.2, 0) is 24.2 Å². The first-order chi connectivity index (χ1) is 22.5. The van der Waals surface area contributed by atoms with Crippen LogP contribution in [0.3, 0.4) is 0 Å². The first kappa shape index (κ1) is 32.4. The van der Waals surface area contributed by atoms with Crippen molar-refractivity contribution in [1.82, 2.24) is 20.0 Å². The van der Waals surface area contributed by atoms with Gasteiger partial charge >= 0.3 is 0 Å². The molecule has 0 unspecified atom stereocenters. The summed E-state index contributed by atoms with van der Waals surface area (Å²) in [6.07, 6.45) is 10.9. The molecule has 13 nitrogen and oxygen atoms in total. The third-order valence-electron chi connectivity index (χ3n) is 7.18. The molecule has 0 atom stereocenters. The van der Waals surface area contributed by atoms with Gasteiger partial charge in [-0.1, -0.05) is 29.8 Å². The van der Waals surface area contributed by atoms with Gasteiger partial charge in [0.2, 0.25) is 0 Å². The van der Waals surface area contributed by atoms with E-state index in [-0.39, 0.29) is 16.7 Å². The normalized spacial score (nSPS) is 11.6. The van der Waals surface area contributed by atoms with Gasteiger partial charge in [0.15, 0.2) is 11.4 Å². The highest BCUT2D eigenvalue weighted by Crippen LogP contribution is 2.09. The van der Waals surface area contributed by atoms with Crippen LogP contribution in [0, 0.1) is 6.92 Å². The number of carbonyl (C=O) groups excluding carboxylic acids is 2. The van der Waals surface area contributed by atoms with Crippen molar-refractivity contribution in [3.05, 3.63) is 138 Å². The van der Waals surface area contributed by atoms with E-state index in [1.807, 2.05) is 100 Å². The Morgan fingerprint density at radius 3 is 1.51 bits per heavy atom. The van der Waals surface area contributed by atoms with E-state index < -0.39 is 10.1 Å². The Labute approximate surface area is 270 Å². The van der Waals surface area contributed by atoms with Crippen LogP contribution in [0.1, 0.15) is 37.7 Å². The Bertz CT molecular complexity index is 2110. The highest BCUT2D eigenvalue weighted by atomic mass is 32.2. The maximum Gasteiger partial charge on any atom is 0.286 e. The van der Waals surface area contributed by atoms with Gasteiger partial charge in [-0.2, -0.15) is 10.2 Å². The van der Waals surface area contributed by atoms with Crippen molar-refractivity contribution in [1.29, 1.82) is 0 Å². The molecule has 238 valence electrons. The second kappa shape index (κ2) is 14.0. The van der Waals surface area contributed by atoms with E-state index in [2.05, 4.69) is 21.1 Å². The molecule has 0 spiro atoms. The summed E-state index contributed by atoms with van der Waals surface area (Å²) in [5, 5.41) is 8.13. The molecule has 6 rings (SSSR count). The molecule has 0 saturated heterocycles. The lowest BCUT2D eigenvalue weighted by atomic mass is 10.1. The second-order valence-corrected chi connectivity index (χ2v) is 11.8. The zero-order chi connectivity index (χ0) is 33.6. The number of nitrogens with zero attached hydrogens (tertiary/aromatic N) is 6. The average molecular weight is 652 g/mol. The number of hydrogen-bond donors (Lipinski definition) is 2. The number of aryl methyl sites for hydroxylation is 3. The molecule has 0 radical (unpaired) electrons. The quantitative estimate of drug-likeness (QED) is 0.117. The number of aromatic nitrogens is 4. The minimum absolute atomic E-state index is 0.178. The van der Waals surface area contributed by atoms with Gasteiger partial charge in [-0.15, -0.1) is 0 Å². The Morgan fingerprint density at radius 1 is 0.702 bits per heavy atom. The Kier molecular flexibility index (Phi) is 9.63. The average Bonchev–Trinajstić information content (AvgIpc) is 3.56. The van der Waals surface area contributed by atoms with Gasteiger partial charge in [-0.3, -0.25) is 9.59 Å². The molecule has 0 aliphatic rings. The Hall–Kier alpha value is -5.99. The largest absolute Gasteiger partial charge is 0.744 e. The van der Waals surface area contributed by atoms with Crippen molar-refractivity contribution in [2.24, 2.45) is 24.3 Å². The number of pyridine rings is 2. The second-order valence-electron chi connectivity index (χ2n) is 10.4. The minimum Gasteiger partial charge on any atom is -0.744 e. The van der Waals surface area contributed by atoms with Crippen molar-refractivity contribution in [2.45, 2.75) is 11.8 Å². The molecule has 0 aliphatic carbocycles. The predicted octanol–water partition coefficient (Wildman–Crippen LogP) is 2.27. The molecule has 47 heavy (non-hydrogen) atoms. The molecule has 4 aromatic heterocycles. The lowest BCUT2D eigenvalue weighted by molar-refractivity contribution is -0.510. The summed E-state index contributed by atoms with van der Waals surface area (Å²) < 4.78 is 39.0. The summed E-state index contributed by atoms with van der Waals surface area (Å²) in [7, 11) is -0.422. The highest BCUT2D eigenvalue weighted by molar-refractivity contribution is 7.85. The summed E-state index contributed by atoms with van der Waals surface area (Å²) in [6.45, 7) is 1.82. The fourth-order valence-electron chi connectivity index (χ4n) is 4.57. The number of hydrogen-bond acceptors (Lipinski definition) is 7. The topological polar surface area (TPSA) is 158 Å². The molecule has 4 heterocycles. The number of fused-ring (bicyclic) bond motifs is 2. The van der Waals surface area contributed by atoms with E-state index in [0.717, 1.165) is 28.2 Å². The van der Waals surface area contributed by atoms with Crippen molar-refractivity contribution in [3.8, 4) is 0 Å². The summed E-state index contributed by atoms with van der Waals surface area (Å²) >= 11 is 0. The van der Waals surface area contributed by atoms with Crippen molar-refractivity contribution >= 4 is 45.7 Å². The zero-order valence-electron chi connectivity index (χ0n) is 25.7. The van der Waals surface area contributed by atoms with Gasteiger partial charge in [0.1, 0.15) is 22.5 Å². The van der Waals surface area contributed by atoms with Gasteiger partial charge in [0.05, 0.1) is 43.8 Å². The fourth-order valence-corrected chi connectivity index (χ4v) is 5.03. The summed E-state index contributed by atoms with van der Waals surface area (Å²) in [6, 6.07) is 23.8. The maximum atomic E-state index is 12.4. The molecular weight excluding hydrogens is 620 g/mol. The molecule has 2 amide bonds. The van der Waals surface area contributed by atoms with E-state index in [1.54, 1.807) is 48.8 Å². The molecule has 0 aliphatic heterocycles. The van der Waals surface area contributed by atoms with Crippen LogP contribution in [-0.4, -0.2) is 46.3 Å². The number of hydrazone groups is 2. The van der Waals surface area contributed by atoms with Crippen LogP contribution < -0.4 is 19.7 Å². The van der Waals surface area contributed by atoms with Crippen molar-refractivity contribution in [3.63, 3.8) is 0 Å².